The van der Waals surface area contributed by atoms with Crippen molar-refractivity contribution in [2.24, 2.45) is 4.40 Å². The number of amides is 1. The number of hydrogen-bond donors (Lipinski definition) is 0. The fraction of sp³-hybridized carbons (Fsp3) is 0.500. The van der Waals surface area contributed by atoms with E-state index in [1.54, 1.807) is 33.2 Å². The van der Waals surface area contributed by atoms with Crippen LogP contribution >= 0.6 is 0 Å². The van der Waals surface area contributed by atoms with Crippen LogP contribution in [0.2, 0.25) is 0 Å². The lowest BCUT2D eigenvalue weighted by atomic mass is 10.0. The summed E-state index contributed by atoms with van der Waals surface area (Å²) in [7, 11) is 3.29. The van der Waals surface area contributed by atoms with Crippen molar-refractivity contribution in [3.8, 4) is 0 Å². The van der Waals surface area contributed by atoms with E-state index in [1.807, 2.05) is 25.7 Å². The SMILES string of the molecule is CC(=N[S+]([O-])C(C)(C)C)c1cc(C(=O)N(C)C)cc2c(=O)cc(N3CCOCC3)oc12. The Morgan fingerprint density at radius 2 is 1.84 bits per heavy atom. The Hall–Kier alpha value is -2.36. The fourth-order valence-electron chi connectivity index (χ4n) is 3.15. The summed E-state index contributed by atoms with van der Waals surface area (Å²) < 4.78 is 28.0. The molecule has 0 spiro atoms. The number of carbonyl (C=O) groups excluding carboxylic acids is 1. The van der Waals surface area contributed by atoms with E-state index >= 15 is 0 Å². The highest BCUT2D eigenvalue weighted by Crippen LogP contribution is 2.27. The Morgan fingerprint density at radius 1 is 1.19 bits per heavy atom. The van der Waals surface area contributed by atoms with Crippen LogP contribution in [0.1, 0.15) is 43.6 Å². The molecule has 1 aliphatic heterocycles. The Balaban J connectivity index is 2.24. The van der Waals surface area contributed by atoms with Gasteiger partial charge in [-0.3, -0.25) is 9.59 Å². The van der Waals surface area contributed by atoms with Crippen LogP contribution in [-0.4, -0.2) is 66.2 Å². The van der Waals surface area contributed by atoms with E-state index < -0.39 is 16.1 Å². The van der Waals surface area contributed by atoms with Gasteiger partial charge in [0.1, 0.15) is 21.7 Å². The maximum atomic E-state index is 13.0. The minimum atomic E-state index is -1.51. The first-order valence-corrected chi connectivity index (χ1v) is 11.2. The van der Waals surface area contributed by atoms with Crippen molar-refractivity contribution >= 4 is 39.8 Å². The van der Waals surface area contributed by atoms with Crippen LogP contribution in [0.5, 0.6) is 0 Å². The Morgan fingerprint density at radius 3 is 2.42 bits per heavy atom. The van der Waals surface area contributed by atoms with Crippen molar-refractivity contribution in [1.82, 2.24) is 4.90 Å². The van der Waals surface area contributed by atoms with Crippen LogP contribution in [0.4, 0.5) is 5.88 Å². The molecule has 2 heterocycles. The first kappa shape index (κ1) is 23.3. The van der Waals surface area contributed by atoms with Crippen molar-refractivity contribution in [2.75, 3.05) is 45.3 Å². The number of benzene rings is 1. The van der Waals surface area contributed by atoms with Gasteiger partial charge in [0.05, 0.1) is 24.3 Å². The predicted octanol–water partition coefficient (Wildman–Crippen LogP) is 2.60. The van der Waals surface area contributed by atoms with Gasteiger partial charge in [-0.25, -0.2) is 0 Å². The third-order valence-electron chi connectivity index (χ3n) is 4.92. The number of rotatable bonds is 4. The van der Waals surface area contributed by atoms with E-state index in [9.17, 15) is 14.1 Å². The van der Waals surface area contributed by atoms with Crippen molar-refractivity contribution in [3.05, 3.63) is 39.5 Å². The quantitative estimate of drug-likeness (QED) is 0.528. The number of morpholine rings is 1. The molecule has 1 atom stereocenters. The zero-order valence-electron chi connectivity index (χ0n) is 18.9. The zero-order valence-corrected chi connectivity index (χ0v) is 19.7. The van der Waals surface area contributed by atoms with Gasteiger partial charge in [0.2, 0.25) is 0 Å². The molecule has 0 aliphatic carbocycles. The van der Waals surface area contributed by atoms with Gasteiger partial charge in [0.15, 0.2) is 11.3 Å². The van der Waals surface area contributed by atoms with Gasteiger partial charge in [-0.2, -0.15) is 0 Å². The van der Waals surface area contributed by atoms with E-state index in [-0.39, 0.29) is 16.7 Å². The topological polar surface area (TPSA) is 98.4 Å². The van der Waals surface area contributed by atoms with Crippen molar-refractivity contribution in [2.45, 2.75) is 32.4 Å². The van der Waals surface area contributed by atoms with Gasteiger partial charge in [-0.15, -0.1) is 0 Å². The third kappa shape index (κ3) is 5.11. The molecule has 2 aromatic rings. The third-order valence-corrected chi connectivity index (χ3v) is 6.41. The molecule has 0 saturated carbocycles. The Kier molecular flexibility index (Phi) is 6.78. The van der Waals surface area contributed by atoms with Crippen LogP contribution in [0.25, 0.3) is 11.0 Å². The molecule has 1 aliphatic rings. The van der Waals surface area contributed by atoms with Gasteiger partial charge in [-0.05, 0) is 39.8 Å². The van der Waals surface area contributed by atoms with Gasteiger partial charge < -0.3 is 23.5 Å². The second-order valence-corrected chi connectivity index (χ2v) is 10.6. The first-order valence-electron chi connectivity index (χ1n) is 10.1. The average Bonchev–Trinajstić information content (AvgIpc) is 2.72. The number of carbonyl (C=O) groups is 1. The summed E-state index contributed by atoms with van der Waals surface area (Å²) in [5, 5.41) is 0.288. The molecule has 1 unspecified atom stereocenters. The van der Waals surface area contributed by atoms with E-state index in [0.717, 1.165) is 0 Å². The minimum Gasteiger partial charge on any atom is -0.591 e. The molecule has 1 aromatic carbocycles. The van der Waals surface area contributed by atoms with Gasteiger partial charge in [-0.1, -0.05) is 4.40 Å². The van der Waals surface area contributed by atoms with Crippen molar-refractivity contribution in [3.63, 3.8) is 0 Å². The number of nitrogens with zero attached hydrogens (tertiary/aromatic N) is 3. The molecule has 1 saturated heterocycles. The van der Waals surface area contributed by atoms with Gasteiger partial charge in [0, 0.05) is 44.4 Å². The molecule has 1 amide bonds. The molecule has 1 aromatic heterocycles. The molecule has 1 fully saturated rings. The number of hydrogen-bond acceptors (Lipinski definition) is 7. The van der Waals surface area contributed by atoms with Crippen LogP contribution in [0.15, 0.2) is 31.8 Å². The highest BCUT2D eigenvalue weighted by molar-refractivity contribution is 7.91. The molecular formula is C22H29N3O5S. The summed E-state index contributed by atoms with van der Waals surface area (Å²) in [6.07, 6.45) is 0. The Bertz CT molecular complexity index is 1070. The molecule has 168 valence electrons. The van der Waals surface area contributed by atoms with E-state index in [4.69, 9.17) is 9.15 Å². The van der Waals surface area contributed by atoms with Crippen molar-refractivity contribution < 1.29 is 18.5 Å². The normalized spacial score (nSPS) is 16.5. The lowest BCUT2D eigenvalue weighted by Gasteiger charge is -2.27. The van der Waals surface area contributed by atoms with E-state index in [1.165, 1.54) is 11.0 Å². The van der Waals surface area contributed by atoms with E-state index in [0.29, 0.717) is 54.6 Å². The highest BCUT2D eigenvalue weighted by atomic mass is 32.2. The van der Waals surface area contributed by atoms with Crippen LogP contribution < -0.4 is 10.3 Å². The fourth-order valence-corrected chi connectivity index (χ4v) is 3.77. The lowest BCUT2D eigenvalue weighted by molar-refractivity contribution is 0.0827. The minimum absolute atomic E-state index is 0.246. The second-order valence-electron chi connectivity index (χ2n) is 8.69. The monoisotopic (exact) mass is 447 g/mol. The molecule has 3 rings (SSSR count). The van der Waals surface area contributed by atoms with Crippen LogP contribution in [-0.2, 0) is 16.1 Å². The summed E-state index contributed by atoms with van der Waals surface area (Å²) >= 11 is -1.51. The zero-order chi connectivity index (χ0) is 22.9. The molecule has 8 nitrogen and oxygen atoms in total. The Labute approximate surface area is 185 Å². The standard InChI is InChI=1S/C22H29N3O5S/c1-14(23-31(28)22(2,3)4)16-11-15(21(27)24(5)6)12-17-18(26)13-19(30-20(16)17)25-7-9-29-10-8-25/h11-13H,7-10H2,1-6H3. The number of anilines is 1. The molecule has 0 radical (unpaired) electrons. The van der Waals surface area contributed by atoms with E-state index in [2.05, 4.69) is 4.40 Å². The van der Waals surface area contributed by atoms with Crippen LogP contribution in [0.3, 0.4) is 0 Å². The first-order chi connectivity index (χ1) is 14.5. The molecule has 9 heteroatoms. The smallest absolute Gasteiger partial charge is 0.253 e. The maximum absolute atomic E-state index is 13.0. The number of fused-ring (bicyclic) bond motifs is 1. The summed E-state index contributed by atoms with van der Waals surface area (Å²) in [5.41, 5.74) is 1.34. The summed E-state index contributed by atoms with van der Waals surface area (Å²) in [6.45, 7) is 9.54. The predicted molar refractivity (Wildman–Crippen MR) is 124 cm³/mol. The largest absolute Gasteiger partial charge is 0.591 e. The number of ether oxygens (including phenoxy) is 1. The molecule has 0 N–H and O–H groups in total. The highest BCUT2D eigenvalue weighted by Gasteiger charge is 2.28. The lowest BCUT2D eigenvalue weighted by Crippen LogP contribution is -2.36. The van der Waals surface area contributed by atoms with Crippen molar-refractivity contribution in [1.29, 1.82) is 0 Å². The van der Waals surface area contributed by atoms with Crippen LogP contribution in [0, 0.1) is 0 Å². The average molecular weight is 448 g/mol. The summed E-state index contributed by atoms with van der Waals surface area (Å²) in [4.78, 5) is 29.0. The molecule has 0 bridgehead atoms. The van der Waals surface area contributed by atoms with Gasteiger partial charge in [0.25, 0.3) is 5.91 Å². The molecular weight excluding hydrogens is 418 g/mol. The van der Waals surface area contributed by atoms with Gasteiger partial charge >= 0.3 is 0 Å². The maximum Gasteiger partial charge on any atom is 0.253 e. The summed E-state index contributed by atoms with van der Waals surface area (Å²) in [6, 6.07) is 4.64. The summed E-state index contributed by atoms with van der Waals surface area (Å²) in [5.74, 6) is 0.197. The second kappa shape index (κ2) is 9.02. The molecule has 31 heavy (non-hydrogen) atoms.